The van der Waals surface area contributed by atoms with Crippen molar-refractivity contribution in [3.63, 3.8) is 0 Å². The zero-order valence-corrected chi connectivity index (χ0v) is 12.6. The van der Waals surface area contributed by atoms with Crippen LogP contribution < -0.4 is 4.80 Å². The summed E-state index contributed by atoms with van der Waals surface area (Å²) >= 11 is 1.35. The van der Waals surface area contributed by atoms with Gasteiger partial charge in [0.15, 0.2) is 4.80 Å². The van der Waals surface area contributed by atoms with Crippen LogP contribution >= 0.6 is 11.3 Å². The Hall–Kier alpha value is -1.79. The summed E-state index contributed by atoms with van der Waals surface area (Å²) in [7, 11) is 0. The van der Waals surface area contributed by atoms with E-state index in [4.69, 9.17) is 4.74 Å². The largest absolute Gasteiger partial charge is 0.381 e. The molecular formula is C15H17FN2O2S. The van der Waals surface area contributed by atoms with Gasteiger partial charge in [0.2, 0.25) is 0 Å². The van der Waals surface area contributed by atoms with Gasteiger partial charge in [-0.1, -0.05) is 18.2 Å². The van der Waals surface area contributed by atoms with Crippen LogP contribution in [0.4, 0.5) is 4.39 Å². The van der Waals surface area contributed by atoms with Crippen molar-refractivity contribution in [1.82, 2.24) is 4.57 Å². The number of hydrogen-bond acceptors (Lipinski definition) is 3. The lowest BCUT2D eigenvalue weighted by Gasteiger charge is -2.04. The summed E-state index contributed by atoms with van der Waals surface area (Å²) in [5.74, 6) is -0.488. The van der Waals surface area contributed by atoms with E-state index in [1.807, 2.05) is 12.3 Å². The molecule has 21 heavy (non-hydrogen) atoms. The number of nitrogens with zero attached hydrogens (tertiary/aromatic N) is 2. The molecule has 0 aliphatic carbocycles. The molecule has 112 valence electrons. The minimum absolute atomic E-state index is 0.229. The number of aromatic nitrogens is 1. The lowest BCUT2D eigenvalue weighted by atomic mass is 10.2. The van der Waals surface area contributed by atoms with Gasteiger partial charge in [-0.25, -0.2) is 4.39 Å². The first-order valence-corrected chi connectivity index (χ1v) is 7.61. The summed E-state index contributed by atoms with van der Waals surface area (Å²) in [6.07, 6.45) is 2.05. The van der Waals surface area contributed by atoms with Crippen molar-refractivity contribution in [3.05, 3.63) is 52.0 Å². The fraction of sp³-hybridized carbons (Fsp3) is 0.333. The van der Waals surface area contributed by atoms with Gasteiger partial charge in [-0.2, -0.15) is 4.99 Å². The van der Waals surface area contributed by atoms with Crippen molar-refractivity contribution in [2.45, 2.75) is 19.9 Å². The molecule has 0 atom stereocenters. The number of ether oxygens (including phenoxy) is 1. The summed E-state index contributed by atoms with van der Waals surface area (Å²) in [4.78, 5) is 16.4. The zero-order chi connectivity index (χ0) is 15.1. The number of carbonyl (C=O) groups is 1. The number of benzene rings is 1. The molecule has 1 heterocycles. The molecule has 2 aromatic rings. The second kappa shape index (κ2) is 7.85. The Morgan fingerprint density at radius 3 is 3.00 bits per heavy atom. The Bertz CT molecular complexity index is 663. The van der Waals surface area contributed by atoms with Gasteiger partial charge < -0.3 is 9.30 Å². The molecule has 0 aliphatic heterocycles. The predicted molar refractivity (Wildman–Crippen MR) is 79.5 cm³/mol. The molecule has 4 nitrogen and oxygen atoms in total. The van der Waals surface area contributed by atoms with Crippen LogP contribution in [0.15, 0.2) is 40.8 Å². The second-order valence-corrected chi connectivity index (χ2v) is 5.23. The molecule has 2 rings (SSSR count). The number of rotatable bonds is 6. The number of hydrogen-bond donors (Lipinski definition) is 0. The van der Waals surface area contributed by atoms with E-state index in [1.165, 1.54) is 17.4 Å². The lowest BCUT2D eigenvalue weighted by Crippen LogP contribution is -2.18. The van der Waals surface area contributed by atoms with Gasteiger partial charge in [-0.15, -0.1) is 11.3 Å². The standard InChI is InChI=1S/C15H17FN2O2S/c1-2-20-9-7-14(19)17-15-18(8-10-21-15)11-12-5-3-4-6-13(12)16/h3-6,8,10H,2,7,9,11H2,1H3. The Labute approximate surface area is 126 Å². The van der Waals surface area contributed by atoms with E-state index in [2.05, 4.69) is 4.99 Å². The molecule has 0 spiro atoms. The van der Waals surface area contributed by atoms with Gasteiger partial charge in [0.05, 0.1) is 19.6 Å². The SMILES string of the molecule is CCOCCC(=O)N=c1sccn1Cc1ccccc1F. The van der Waals surface area contributed by atoms with E-state index >= 15 is 0 Å². The second-order valence-electron chi connectivity index (χ2n) is 4.36. The van der Waals surface area contributed by atoms with E-state index in [-0.39, 0.29) is 18.1 Å². The summed E-state index contributed by atoms with van der Waals surface area (Å²) in [6.45, 7) is 3.19. The van der Waals surface area contributed by atoms with Gasteiger partial charge in [0, 0.05) is 23.7 Å². The highest BCUT2D eigenvalue weighted by Gasteiger charge is 2.05. The molecule has 0 fully saturated rings. The van der Waals surface area contributed by atoms with Crippen LogP contribution in [-0.2, 0) is 16.1 Å². The third-order valence-corrected chi connectivity index (χ3v) is 3.64. The molecule has 0 radical (unpaired) electrons. The maximum absolute atomic E-state index is 13.7. The van der Waals surface area contributed by atoms with E-state index < -0.39 is 0 Å². The van der Waals surface area contributed by atoms with Gasteiger partial charge >= 0.3 is 0 Å². The van der Waals surface area contributed by atoms with E-state index in [0.717, 1.165) is 0 Å². The molecule has 1 aromatic heterocycles. The predicted octanol–water partition coefficient (Wildman–Crippen LogP) is 2.59. The molecule has 0 unspecified atom stereocenters. The smallest absolute Gasteiger partial charge is 0.250 e. The fourth-order valence-electron chi connectivity index (χ4n) is 1.78. The van der Waals surface area contributed by atoms with Crippen molar-refractivity contribution in [2.24, 2.45) is 4.99 Å². The van der Waals surface area contributed by atoms with Crippen molar-refractivity contribution < 1.29 is 13.9 Å². The topological polar surface area (TPSA) is 43.6 Å². The molecule has 0 bridgehead atoms. The number of thiazole rings is 1. The number of amides is 1. The highest BCUT2D eigenvalue weighted by Crippen LogP contribution is 2.08. The van der Waals surface area contributed by atoms with E-state index in [0.29, 0.717) is 30.1 Å². The van der Waals surface area contributed by atoms with Crippen molar-refractivity contribution in [1.29, 1.82) is 0 Å². The maximum atomic E-state index is 13.7. The zero-order valence-electron chi connectivity index (χ0n) is 11.8. The molecular weight excluding hydrogens is 291 g/mol. The molecule has 1 amide bonds. The highest BCUT2D eigenvalue weighted by atomic mass is 32.1. The van der Waals surface area contributed by atoms with Crippen LogP contribution in [0.25, 0.3) is 0 Å². The molecule has 0 saturated carbocycles. The number of carbonyl (C=O) groups excluding carboxylic acids is 1. The van der Waals surface area contributed by atoms with Crippen LogP contribution in [0.3, 0.4) is 0 Å². The monoisotopic (exact) mass is 308 g/mol. The Kier molecular flexibility index (Phi) is 5.83. The molecule has 0 saturated heterocycles. The minimum atomic E-state index is -0.259. The van der Waals surface area contributed by atoms with Crippen LogP contribution in [0.1, 0.15) is 18.9 Å². The highest BCUT2D eigenvalue weighted by molar-refractivity contribution is 7.07. The van der Waals surface area contributed by atoms with Crippen molar-refractivity contribution in [3.8, 4) is 0 Å². The Morgan fingerprint density at radius 2 is 2.24 bits per heavy atom. The average Bonchev–Trinajstić information content (AvgIpc) is 2.89. The van der Waals surface area contributed by atoms with Crippen LogP contribution in [0, 0.1) is 5.82 Å². The van der Waals surface area contributed by atoms with Crippen LogP contribution in [-0.4, -0.2) is 23.7 Å². The first kappa shape index (κ1) is 15.6. The molecule has 1 aromatic carbocycles. The lowest BCUT2D eigenvalue weighted by molar-refractivity contribution is -0.119. The first-order chi connectivity index (χ1) is 10.2. The molecule has 0 aliphatic rings. The van der Waals surface area contributed by atoms with Gasteiger partial charge in [0.1, 0.15) is 5.82 Å². The molecule has 6 heteroatoms. The molecule has 0 N–H and O–H groups in total. The minimum Gasteiger partial charge on any atom is -0.381 e. The quantitative estimate of drug-likeness (QED) is 0.770. The summed E-state index contributed by atoms with van der Waals surface area (Å²) in [6, 6.07) is 6.59. The van der Waals surface area contributed by atoms with E-state index in [9.17, 15) is 9.18 Å². The first-order valence-electron chi connectivity index (χ1n) is 6.73. The van der Waals surface area contributed by atoms with Gasteiger partial charge in [-0.05, 0) is 13.0 Å². The van der Waals surface area contributed by atoms with E-state index in [1.54, 1.807) is 29.0 Å². The van der Waals surface area contributed by atoms with Crippen molar-refractivity contribution >= 4 is 17.2 Å². The summed E-state index contributed by atoms with van der Waals surface area (Å²) < 4.78 is 20.6. The average molecular weight is 308 g/mol. The third-order valence-electron chi connectivity index (χ3n) is 2.84. The normalized spacial score (nSPS) is 11.8. The van der Waals surface area contributed by atoms with Crippen LogP contribution in [0.5, 0.6) is 0 Å². The Balaban J connectivity index is 2.11. The van der Waals surface area contributed by atoms with Crippen LogP contribution in [0.2, 0.25) is 0 Å². The van der Waals surface area contributed by atoms with Gasteiger partial charge in [0.25, 0.3) is 5.91 Å². The fourth-order valence-corrected chi connectivity index (χ4v) is 2.53. The maximum Gasteiger partial charge on any atom is 0.250 e. The number of halogens is 1. The van der Waals surface area contributed by atoms with Crippen molar-refractivity contribution in [2.75, 3.05) is 13.2 Å². The summed E-state index contributed by atoms with van der Waals surface area (Å²) in [5, 5.41) is 1.83. The third kappa shape index (κ3) is 4.61. The van der Waals surface area contributed by atoms with Gasteiger partial charge in [-0.3, -0.25) is 4.79 Å². The Morgan fingerprint density at radius 1 is 1.43 bits per heavy atom. The summed E-state index contributed by atoms with van der Waals surface area (Å²) in [5.41, 5.74) is 0.569.